The minimum Gasteiger partial charge on any atom is -0.418 e. The Morgan fingerprint density at radius 1 is 1.31 bits per heavy atom. The van der Waals surface area contributed by atoms with Crippen molar-refractivity contribution in [1.29, 1.82) is 0 Å². The van der Waals surface area contributed by atoms with Crippen molar-refractivity contribution in [2.24, 2.45) is 0 Å². The zero-order chi connectivity index (χ0) is 18.4. The van der Waals surface area contributed by atoms with Gasteiger partial charge in [-0.1, -0.05) is 32.8 Å². The van der Waals surface area contributed by atoms with Gasteiger partial charge in [-0.3, -0.25) is 9.69 Å². The van der Waals surface area contributed by atoms with Crippen molar-refractivity contribution in [3.63, 3.8) is 0 Å². The summed E-state index contributed by atoms with van der Waals surface area (Å²) in [6, 6.07) is 4.47. The van der Waals surface area contributed by atoms with Crippen LogP contribution in [0.2, 0.25) is 0 Å². The molecule has 0 spiro atoms. The topological polar surface area (TPSA) is 62.5 Å². The highest BCUT2D eigenvalue weighted by atomic mass is 32.1. The smallest absolute Gasteiger partial charge is 0.257 e. The summed E-state index contributed by atoms with van der Waals surface area (Å²) in [5.41, 5.74) is 0. The Bertz CT molecular complexity index is 680. The largest absolute Gasteiger partial charge is 0.418 e. The molecule has 142 valence electrons. The molecule has 0 radical (unpaired) electrons. The maximum Gasteiger partial charge on any atom is 0.257 e. The number of carbonyl (C=O) groups is 1. The van der Waals surface area contributed by atoms with Gasteiger partial charge in [-0.2, -0.15) is 0 Å². The molecule has 1 aliphatic carbocycles. The van der Waals surface area contributed by atoms with Crippen LogP contribution in [0.15, 0.2) is 21.9 Å². The predicted molar refractivity (Wildman–Crippen MR) is 103 cm³/mol. The second-order valence-electron chi connectivity index (χ2n) is 6.79. The van der Waals surface area contributed by atoms with Gasteiger partial charge in [0.15, 0.2) is 0 Å². The van der Waals surface area contributed by atoms with E-state index in [9.17, 15) is 4.79 Å². The van der Waals surface area contributed by atoms with Gasteiger partial charge < -0.3 is 9.32 Å². The minimum atomic E-state index is 0.150. The van der Waals surface area contributed by atoms with Gasteiger partial charge in [-0.25, -0.2) is 0 Å². The van der Waals surface area contributed by atoms with Crippen molar-refractivity contribution in [3.8, 4) is 10.8 Å². The average molecular weight is 377 g/mol. The Morgan fingerprint density at radius 2 is 2.12 bits per heavy atom. The van der Waals surface area contributed by atoms with E-state index < -0.39 is 0 Å². The highest BCUT2D eigenvalue weighted by Gasteiger charge is 2.25. The van der Waals surface area contributed by atoms with Crippen LogP contribution in [-0.2, 0) is 11.3 Å². The first kappa shape index (κ1) is 19.0. The highest BCUT2D eigenvalue weighted by molar-refractivity contribution is 7.13. The molecule has 1 fully saturated rings. The summed E-state index contributed by atoms with van der Waals surface area (Å²) in [6.07, 6.45) is 5.89. The van der Waals surface area contributed by atoms with Gasteiger partial charge in [0.05, 0.1) is 18.0 Å². The Morgan fingerprint density at radius 3 is 2.77 bits per heavy atom. The van der Waals surface area contributed by atoms with Gasteiger partial charge in [0.2, 0.25) is 11.8 Å². The van der Waals surface area contributed by atoms with Gasteiger partial charge in [0.25, 0.3) is 5.89 Å². The van der Waals surface area contributed by atoms with E-state index in [1.807, 2.05) is 22.4 Å². The summed E-state index contributed by atoms with van der Waals surface area (Å²) in [5, 5.41) is 10.2. The fourth-order valence-corrected chi connectivity index (χ4v) is 4.23. The molecule has 6 nitrogen and oxygen atoms in total. The third kappa shape index (κ3) is 4.71. The minimum absolute atomic E-state index is 0.150. The number of carbonyl (C=O) groups excluding carboxylic acids is 1. The molecule has 2 aromatic heterocycles. The van der Waals surface area contributed by atoms with Crippen molar-refractivity contribution in [2.75, 3.05) is 19.6 Å². The lowest BCUT2D eigenvalue weighted by atomic mass is 10.2. The summed E-state index contributed by atoms with van der Waals surface area (Å²) in [4.78, 5) is 18.0. The summed E-state index contributed by atoms with van der Waals surface area (Å²) in [6.45, 7) is 6.71. The Balaban J connectivity index is 1.63. The molecule has 0 aromatic carbocycles. The normalized spacial score (nSPS) is 15.0. The number of nitrogens with zero attached hydrogens (tertiary/aromatic N) is 4. The van der Waals surface area contributed by atoms with E-state index in [-0.39, 0.29) is 5.91 Å². The molecule has 3 rings (SSSR count). The highest BCUT2D eigenvalue weighted by Crippen LogP contribution is 2.24. The third-order valence-electron chi connectivity index (χ3n) is 4.96. The van der Waals surface area contributed by atoms with E-state index in [4.69, 9.17) is 4.42 Å². The van der Waals surface area contributed by atoms with Gasteiger partial charge in [-0.05, 0) is 37.3 Å². The summed E-state index contributed by atoms with van der Waals surface area (Å²) in [7, 11) is 0. The van der Waals surface area contributed by atoms with E-state index in [2.05, 4.69) is 28.9 Å². The number of rotatable bonds is 9. The van der Waals surface area contributed by atoms with E-state index in [0.29, 0.717) is 37.5 Å². The van der Waals surface area contributed by atoms with E-state index in [1.54, 1.807) is 11.3 Å². The fourth-order valence-electron chi connectivity index (χ4n) is 3.58. The molecule has 26 heavy (non-hydrogen) atoms. The van der Waals surface area contributed by atoms with Crippen LogP contribution in [0.1, 0.15) is 51.8 Å². The first-order chi connectivity index (χ1) is 12.7. The molecular formula is C19H28N4O2S. The second-order valence-corrected chi connectivity index (χ2v) is 7.74. The van der Waals surface area contributed by atoms with E-state index >= 15 is 0 Å². The lowest BCUT2D eigenvalue weighted by molar-refractivity contribution is -0.134. The molecule has 1 saturated carbocycles. The number of thiophene rings is 1. The standard InChI is InChI=1S/C19H28N4O2S/c1-3-11-23(18(24)14-22(4-2)15-8-5-6-9-15)13-17-20-21-19(25-17)16-10-7-12-26-16/h7,10,12,15H,3-6,8-9,11,13-14H2,1-2H3. The molecule has 0 N–H and O–H groups in total. The maximum atomic E-state index is 12.9. The number of amides is 1. The van der Waals surface area contributed by atoms with Crippen LogP contribution < -0.4 is 0 Å². The molecule has 1 aliphatic rings. The zero-order valence-electron chi connectivity index (χ0n) is 15.7. The van der Waals surface area contributed by atoms with Crippen molar-refractivity contribution >= 4 is 17.2 Å². The number of aromatic nitrogens is 2. The van der Waals surface area contributed by atoms with Gasteiger partial charge in [0, 0.05) is 12.6 Å². The van der Waals surface area contributed by atoms with E-state index in [0.717, 1.165) is 17.8 Å². The SMILES string of the molecule is CCCN(Cc1nnc(-c2cccs2)o1)C(=O)CN(CC)C1CCCC1. The Kier molecular flexibility index (Phi) is 6.80. The first-order valence-electron chi connectivity index (χ1n) is 9.59. The van der Waals surface area contributed by atoms with Crippen LogP contribution in [0.25, 0.3) is 10.8 Å². The van der Waals surface area contributed by atoms with Crippen LogP contribution in [0.4, 0.5) is 0 Å². The second kappa shape index (κ2) is 9.28. The molecule has 2 aromatic rings. The molecule has 0 unspecified atom stereocenters. The molecule has 0 atom stereocenters. The summed E-state index contributed by atoms with van der Waals surface area (Å²) >= 11 is 1.57. The van der Waals surface area contributed by atoms with Crippen LogP contribution >= 0.6 is 11.3 Å². The quantitative estimate of drug-likeness (QED) is 0.666. The fraction of sp³-hybridized carbons (Fsp3) is 0.632. The molecule has 7 heteroatoms. The van der Waals surface area contributed by atoms with Gasteiger partial charge >= 0.3 is 0 Å². The summed E-state index contributed by atoms with van der Waals surface area (Å²) < 4.78 is 5.77. The van der Waals surface area contributed by atoms with Crippen molar-refractivity contribution < 1.29 is 9.21 Å². The molecular weight excluding hydrogens is 348 g/mol. The van der Waals surface area contributed by atoms with Gasteiger partial charge in [-0.15, -0.1) is 21.5 Å². The van der Waals surface area contributed by atoms with Crippen LogP contribution in [0.3, 0.4) is 0 Å². The molecule has 2 heterocycles. The number of hydrogen-bond donors (Lipinski definition) is 0. The average Bonchev–Trinajstić information content (AvgIpc) is 3.41. The molecule has 0 bridgehead atoms. The van der Waals surface area contributed by atoms with Crippen molar-refractivity contribution in [1.82, 2.24) is 20.0 Å². The molecule has 1 amide bonds. The Labute approximate surface area is 159 Å². The van der Waals surface area contributed by atoms with Gasteiger partial charge in [0.1, 0.15) is 0 Å². The maximum absolute atomic E-state index is 12.9. The van der Waals surface area contributed by atoms with Crippen LogP contribution in [0, 0.1) is 0 Å². The lowest BCUT2D eigenvalue weighted by Crippen LogP contribution is -2.43. The lowest BCUT2D eigenvalue weighted by Gasteiger charge is -2.29. The van der Waals surface area contributed by atoms with Crippen molar-refractivity contribution in [3.05, 3.63) is 23.4 Å². The monoisotopic (exact) mass is 376 g/mol. The number of likely N-dealkylation sites (N-methyl/N-ethyl adjacent to an activating group) is 1. The third-order valence-corrected chi connectivity index (χ3v) is 5.81. The molecule has 0 aliphatic heterocycles. The van der Waals surface area contributed by atoms with Crippen molar-refractivity contribution in [2.45, 2.75) is 58.5 Å². The van der Waals surface area contributed by atoms with E-state index in [1.165, 1.54) is 25.7 Å². The summed E-state index contributed by atoms with van der Waals surface area (Å²) in [5.74, 6) is 1.18. The first-order valence-corrected chi connectivity index (χ1v) is 10.5. The Hall–Kier alpha value is -1.73. The number of hydrogen-bond acceptors (Lipinski definition) is 6. The van der Waals surface area contributed by atoms with Crippen LogP contribution in [0.5, 0.6) is 0 Å². The zero-order valence-corrected chi connectivity index (χ0v) is 16.5. The van der Waals surface area contributed by atoms with Crippen LogP contribution in [-0.4, -0.2) is 51.6 Å². The molecule has 0 saturated heterocycles. The predicted octanol–water partition coefficient (Wildman–Crippen LogP) is 3.80.